The maximum Gasteiger partial charge on any atom is 0.240 e. The van der Waals surface area contributed by atoms with Crippen molar-refractivity contribution in [3.8, 4) is 11.5 Å². The minimum Gasteiger partial charge on any atom is -0.456 e. The number of carbonyl (C=O) groups is 1. The first-order valence-electron chi connectivity index (χ1n) is 8.01. The minimum absolute atomic E-state index is 0.108. The molecule has 1 aliphatic carbocycles. The molecule has 0 aromatic heterocycles. The quantitative estimate of drug-likeness (QED) is 0.802. The van der Waals surface area contributed by atoms with Gasteiger partial charge in [-0.3, -0.25) is 4.79 Å². The SMILES string of the molecule is CC1(C)CC1(N)C(=O)NCc1ccc(Oc2cccc(Cl)c2Cl)cc1. The third-order valence-electron chi connectivity index (χ3n) is 4.73. The second-order valence-electron chi connectivity index (χ2n) is 7.01. The molecular weight excluding hydrogens is 359 g/mol. The Morgan fingerprint density at radius 2 is 1.84 bits per heavy atom. The Kier molecular flexibility index (Phi) is 4.71. The van der Waals surface area contributed by atoms with Gasteiger partial charge >= 0.3 is 0 Å². The van der Waals surface area contributed by atoms with Crippen LogP contribution in [0.5, 0.6) is 11.5 Å². The third kappa shape index (κ3) is 3.61. The summed E-state index contributed by atoms with van der Waals surface area (Å²) >= 11 is 12.1. The Balaban J connectivity index is 1.59. The van der Waals surface area contributed by atoms with Crippen LogP contribution < -0.4 is 15.8 Å². The van der Waals surface area contributed by atoms with Crippen LogP contribution in [0.25, 0.3) is 0 Å². The second kappa shape index (κ2) is 6.52. The fraction of sp³-hybridized carbons (Fsp3) is 0.316. The molecule has 0 bridgehead atoms. The molecule has 1 saturated carbocycles. The molecule has 0 heterocycles. The topological polar surface area (TPSA) is 64.4 Å². The molecule has 1 amide bonds. The van der Waals surface area contributed by atoms with Gasteiger partial charge in [0.1, 0.15) is 22.1 Å². The lowest BCUT2D eigenvalue weighted by Crippen LogP contribution is -2.45. The van der Waals surface area contributed by atoms with Crippen LogP contribution >= 0.6 is 23.2 Å². The number of nitrogens with two attached hydrogens (primary N) is 1. The Morgan fingerprint density at radius 3 is 2.44 bits per heavy atom. The summed E-state index contributed by atoms with van der Waals surface area (Å²) in [4.78, 5) is 12.2. The van der Waals surface area contributed by atoms with Gasteiger partial charge in [0.15, 0.2) is 0 Å². The van der Waals surface area contributed by atoms with Crippen LogP contribution in [0.2, 0.25) is 10.0 Å². The van der Waals surface area contributed by atoms with E-state index in [0.717, 1.165) is 5.56 Å². The number of ether oxygens (including phenoxy) is 1. The Bertz CT molecular complexity index is 806. The van der Waals surface area contributed by atoms with E-state index in [1.165, 1.54) is 0 Å². The summed E-state index contributed by atoms with van der Waals surface area (Å²) in [7, 11) is 0. The zero-order valence-electron chi connectivity index (χ0n) is 14.1. The van der Waals surface area contributed by atoms with Crippen molar-refractivity contribution in [3.63, 3.8) is 0 Å². The summed E-state index contributed by atoms with van der Waals surface area (Å²) < 4.78 is 5.74. The van der Waals surface area contributed by atoms with Gasteiger partial charge in [-0.05, 0) is 41.7 Å². The lowest BCUT2D eigenvalue weighted by atomic mass is 10.0. The van der Waals surface area contributed by atoms with Crippen LogP contribution in [0.3, 0.4) is 0 Å². The average Bonchev–Trinajstić information content (AvgIpc) is 3.10. The molecule has 4 nitrogen and oxygen atoms in total. The van der Waals surface area contributed by atoms with E-state index in [1.54, 1.807) is 18.2 Å². The number of amides is 1. The smallest absolute Gasteiger partial charge is 0.240 e. The zero-order chi connectivity index (χ0) is 18.2. The Labute approximate surface area is 157 Å². The van der Waals surface area contributed by atoms with Crippen molar-refractivity contribution in [3.05, 3.63) is 58.1 Å². The molecule has 25 heavy (non-hydrogen) atoms. The largest absolute Gasteiger partial charge is 0.456 e. The molecule has 2 aromatic rings. The van der Waals surface area contributed by atoms with E-state index in [1.807, 2.05) is 38.1 Å². The van der Waals surface area contributed by atoms with E-state index in [0.29, 0.717) is 34.5 Å². The maximum atomic E-state index is 12.2. The number of benzene rings is 2. The monoisotopic (exact) mass is 378 g/mol. The molecule has 0 spiro atoms. The highest BCUT2D eigenvalue weighted by atomic mass is 35.5. The summed E-state index contributed by atoms with van der Waals surface area (Å²) in [6.45, 7) is 4.42. The van der Waals surface area contributed by atoms with Gasteiger partial charge in [0.25, 0.3) is 0 Å². The lowest BCUT2D eigenvalue weighted by Gasteiger charge is -2.15. The minimum atomic E-state index is -0.751. The molecule has 1 unspecified atom stereocenters. The van der Waals surface area contributed by atoms with Crippen LogP contribution in [0, 0.1) is 5.41 Å². The van der Waals surface area contributed by atoms with Crippen molar-refractivity contribution < 1.29 is 9.53 Å². The van der Waals surface area contributed by atoms with Crippen LogP contribution in [0.1, 0.15) is 25.8 Å². The van der Waals surface area contributed by atoms with Crippen molar-refractivity contribution in [2.45, 2.75) is 32.4 Å². The van der Waals surface area contributed by atoms with Crippen molar-refractivity contribution in [1.82, 2.24) is 5.32 Å². The normalized spacial score (nSPS) is 20.8. The molecule has 3 N–H and O–H groups in total. The average molecular weight is 379 g/mol. The van der Waals surface area contributed by atoms with E-state index in [-0.39, 0.29) is 11.3 Å². The fourth-order valence-electron chi connectivity index (χ4n) is 2.75. The summed E-state index contributed by atoms with van der Waals surface area (Å²) in [5, 5.41) is 3.72. The molecule has 6 heteroatoms. The van der Waals surface area contributed by atoms with Crippen LogP contribution in [0.15, 0.2) is 42.5 Å². The third-order valence-corrected chi connectivity index (χ3v) is 5.53. The number of nitrogens with one attached hydrogen (secondary N) is 1. The highest BCUT2D eigenvalue weighted by molar-refractivity contribution is 6.42. The Morgan fingerprint density at radius 1 is 1.20 bits per heavy atom. The maximum absolute atomic E-state index is 12.2. The molecule has 0 radical (unpaired) electrons. The van der Waals surface area contributed by atoms with Gasteiger partial charge in [0, 0.05) is 6.54 Å². The van der Waals surface area contributed by atoms with Gasteiger partial charge in [-0.25, -0.2) is 0 Å². The van der Waals surface area contributed by atoms with E-state index in [2.05, 4.69) is 5.32 Å². The van der Waals surface area contributed by atoms with Gasteiger partial charge in [-0.2, -0.15) is 0 Å². The molecule has 1 aliphatic rings. The summed E-state index contributed by atoms with van der Waals surface area (Å²) in [6, 6.07) is 12.6. The molecule has 1 atom stereocenters. The van der Waals surface area contributed by atoms with Gasteiger partial charge in [-0.1, -0.05) is 55.2 Å². The molecule has 3 rings (SSSR count). The van der Waals surface area contributed by atoms with Crippen molar-refractivity contribution >= 4 is 29.1 Å². The number of carbonyl (C=O) groups excluding carboxylic acids is 1. The van der Waals surface area contributed by atoms with E-state index in [9.17, 15) is 4.79 Å². The number of rotatable bonds is 5. The highest BCUT2D eigenvalue weighted by Gasteiger charge is 2.63. The van der Waals surface area contributed by atoms with Crippen LogP contribution in [0.4, 0.5) is 0 Å². The van der Waals surface area contributed by atoms with Crippen molar-refractivity contribution in [2.24, 2.45) is 11.1 Å². The molecule has 2 aromatic carbocycles. The lowest BCUT2D eigenvalue weighted by molar-refractivity contribution is -0.124. The molecule has 132 valence electrons. The first-order valence-corrected chi connectivity index (χ1v) is 8.76. The highest BCUT2D eigenvalue weighted by Crippen LogP contribution is 2.53. The first-order chi connectivity index (χ1) is 11.7. The molecular formula is C19H20Cl2N2O2. The van der Waals surface area contributed by atoms with Gasteiger partial charge in [0.2, 0.25) is 5.91 Å². The predicted octanol–water partition coefficient (Wildman–Crippen LogP) is 4.53. The van der Waals surface area contributed by atoms with Gasteiger partial charge in [-0.15, -0.1) is 0 Å². The van der Waals surface area contributed by atoms with Crippen molar-refractivity contribution in [1.29, 1.82) is 0 Å². The second-order valence-corrected chi connectivity index (χ2v) is 7.80. The number of hydrogen-bond acceptors (Lipinski definition) is 3. The van der Waals surface area contributed by atoms with Crippen molar-refractivity contribution in [2.75, 3.05) is 0 Å². The molecule has 1 fully saturated rings. The standard InChI is InChI=1S/C19H20Cl2N2O2/c1-18(2)11-19(18,22)17(24)23-10-12-6-8-13(9-7-12)25-15-5-3-4-14(20)16(15)21/h3-9H,10-11,22H2,1-2H3,(H,23,24). The predicted molar refractivity (Wildman–Crippen MR) is 100 cm³/mol. The molecule has 0 saturated heterocycles. The van der Waals surface area contributed by atoms with Crippen LogP contribution in [-0.4, -0.2) is 11.4 Å². The molecule has 0 aliphatic heterocycles. The van der Waals surface area contributed by atoms with E-state index < -0.39 is 5.54 Å². The number of halogens is 2. The van der Waals surface area contributed by atoms with Gasteiger partial charge in [0.05, 0.1) is 5.02 Å². The Hall–Kier alpha value is -1.75. The first kappa shape index (κ1) is 18.1. The summed E-state index contributed by atoms with van der Waals surface area (Å²) in [6.07, 6.45) is 0.707. The van der Waals surface area contributed by atoms with E-state index in [4.69, 9.17) is 33.7 Å². The van der Waals surface area contributed by atoms with Crippen LogP contribution in [-0.2, 0) is 11.3 Å². The zero-order valence-corrected chi connectivity index (χ0v) is 15.6. The summed E-state index contributed by atoms with van der Waals surface area (Å²) in [5.41, 5.74) is 6.19. The van der Waals surface area contributed by atoms with E-state index >= 15 is 0 Å². The number of hydrogen-bond donors (Lipinski definition) is 2. The van der Waals surface area contributed by atoms with Gasteiger partial charge < -0.3 is 15.8 Å². The summed E-state index contributed by atoms with van der Waals surface area (Å²) in [5.74, 6) is 1.03. The fourth-order valence-corrected chi connectivity index (χ4v) is 3.08.